The average Bonchev–Trinajstić information content (AvgIpc) is 2.65. The average molecular weight is 366 g/mol. The van der Waals surface area contributed by atoms with Gasteiger partial charge in [-0.25, -0.2) is 0 Å². The van der Waals surface area contributed by atoms with Crippen LogP contribution in [0.15, 0.2) is 64.5 Å². The summed E-state index contributed by atoms with van der Waals surface area (Å²) >= 11 is 1.14. The first-order valence-electron chi connectivity index (χ1n) is 8.09. The number of nitrogens with one attached hydrogen (secondary N) is 2. The van der Waals surface area contributed by atoms with E-state index in [4.69, 9.17) is 0 Å². The van der Waals surface area contributed by atoms with Crippen molar-refractivity contribution in [2.45, 2.75) is 18.5 Å². The van der Waals surface area contributed by atoms with Gasteiger partial charge in [-0.1, -0.05) is 59.8 Å². The lowest BCUT2D eigenvalue weighted by Gasteiger charge is -2.05. The Bertz CT molecular complexity index is 940. The molecule has 2 N–H and O–H groups in total. The summed E-state index contributed by atoms with van der Waals surface area (Å²) in [7, 11) is 0. The van der Waals surface area contributed by atoms with E-state index in [0.717, 1.165) is 28.6 Å². The van der Waals surface area contributed by atoms with Crippen LogP contribution in [0.3, 0.4) is 0 Å². The molecule has 0 aliphatic heterocycles. The number of carbonyl (C=O) groups is 1. The molecule has 26 heavy (non-hydrogen) atoms. The number of rotatable bonds is 6. The summed E-state index contributed by atoms with van der Waals surface area (Å²) in [5, 5.41) is 11.1. The fourth-order valence-electron chi connectivity index (χ4n) is 2.28. The van der Waals surface area contributed by atoms with Crippen LogP contribution < -0.4 is 10.9 Å². The van der Waals surface area contributed by atoms with Crippen LogP contribution >= 0.6 is 11.8 Å². The van der Waals surface area contributed by atoms with Gasteiger partial charge < -0.3 is 5.32 Å². The van der Waals surface area contributed by atoms with Crippen LogP contribution in [0.25, 0.3) is 0 Å². The van der Waals surface area contributed by atoms with Crippen molar-refractivity contribution >= 4 is 23.4 Å². The molecule has 1 amide bonds. The van der Waals surface area contributed by atoms with Crippen molar-refractivity contribution in [3.63, 3.8) is 0 Å². The van der Waals surface area contributed by atoms with Crippen molar-refractivity contribution in [3.05, 3.63) is 81.8 Å². The lowest BCUT2D eigenvalue weighted by molar-refractivity contribution is -0.113. The highest BCUT2D eigenvalue weighted by Crippen LogP contribution is 2.13. The van der Waals surface area contributed by atoms with Crippen LogP contribution in [0.1, 0.15) is 16.8 Å². The summed E-state index contributed by atoms with van der Waals surface area (Å²) in [6, 6.07) is 17.1. The first kappa shape index (κ1) is 17.9. The molecule has 0 spiro atoms. The van der Waals surface area contributed by atoms with Crippen molar-refractivity contribution in [1.29, 1.82) is 0 Å². The third-order valence-corrected chi connectivity index (χ3v) is 4.50. The SMILES string of the molecule is Cc1ccc(NC(=O)CSc2nnc(Cc3ccccc3)c(=O)[nH]2)cc1. The van der Waals surface area contributed by atoms with Gasteiger partial charge in [-0.2, -0.15) is 0 Å². The number of anilines is 1. The maximum Gasteiger partial charge on any atom is 0.273 e. The van der Waals surface area contributed by atoms with E-state index >= 15 is 0 Å². The molecule has 0 bridgehead atoms. The molecule has 3 rings (SSSR count). The third kappa shape index (κ3) is 5.03. The molecular weight excluding hydrogens is 348 g/mol. The molecule has 1 aromatic heterocycles. The van der Waals surface area contributed by atoms with E-state index in [1.807, 2.05) is 61.5 Å². The number of amides is 1. The molecule has 1 heterocycles. The Morgan fingerprint density at radius 3 is 2.50 bits per heavy atom. The monoisotopic (exact) mass is 366 g/mol. The summed E-state index contributed by atoms with van der Waals surface area (Å²) in [5.41, 5.74) is 2.92. The standard InChI is InChI=1S/C19H18N4O2S/c1-13-7-9-15(10-8-13)20-17(24)12-26-19-21-18(25)16(22-23-19)11-14-5-3-2-4-6-14/h2-10H,11-12H2,1H3,(H,20,24)(H,21,23,25). The maximum atomic E-state index is 12.1. The first-order chi connectivity index (χ1) is 12.6. The molecule has 7 heteroatoms. The van der Waals surface area contributed by atoms with Crippen molar-refractivity contribution in [3.8, 4) is 0 Å². The molecule has 6 nitrogen and oxygen atoms in total. The number of thioether (sulfide) groups is 1. The molecule has 0 radical (unpaired) electrons. The largest absolute Gasteiger partial charge is 0.325 e. The summed E-state index contributed by atoms with van der Waals surface area (Å²) in [6.07, 6.45) is 0.419. The maximum absolute atomic E-state index is 12.1. The Balaban J connectivity index is 1.56. The number of aromatic amines is 1. The molecule has 0 aliphatic carbocycles. The fraction of sp³-hybridized carbons (Fsp3) is 0.158. The Morgan fingerprint density at radius 2 is 1.81 bits per heavy atom. The molecule has 0 atom stereocenters. The number of hydrogen-bond acceptors (Lipinski definition) is 5. The topological polar surface area (TPSA) is 87.7 Å². The van der Waals surface area contributed by atoms with Crippen LogP contribution in [0, 0.1) is 6.92 Å². The van der Waals surface area contributed by atoms with Crippen molar-refractivity contribution in [1.82, 2.24) is 15.2 Å². The van der Waals surface area contributed by atoms with Crippen molar-refractivity contribution in [2.75, 3.05) is 11.1 Å². The van der Waals surface area contributed by atoms with E-state index in [-0.39, 0.29) is 17.2 Å². The van der Waals surface area contributed by atoms with E-state index < -0.39 is 0 Å². The van der Waals surface area contributed by atoms with Crippen LogP contribution in [-0.2, 0) is 11.2 Å². The van der Waals surface area contributed by atoms with E-state index in [2.05, 4.69) is 20.5 Å². The van der Waals surface area contributed by atoms with E-state index in [0.29, 0.717) is 17.3 Å². The van der Waals surface area contributed by atoms with E-state index in [1.54, 1.807) is 0 Å². The zero-order valence-corrected chi connectivity index (χ0v) is 15.0. The highest BCUT2D eigenvalue weighted by Gasteiger charge is 2.09. The predicted molar refractivity (Wildman–Crippen MR) is 102 cm³/mol. The van der Waals surface area contributed by atoms with Gasteiger partial charge in [-0.15, -0.1) is 10.2 Å². The zero-order valence-electron chi connectivity index (χ0n) is 14.2. The van der Waals surface area contributed by atoms with Crippen LogP contribution in [-0.4, -0.2) is 26.8 Å². The molecule has 3 aromatic rings. The van der Waals surface area contributed by atoms with Crippen molar-refractivity contribution < 1.29 is 4.79 Å². The minimum atomic E-state index is -0.287. The number of benzene rings is 2. The van der Waals surface area contributed by atoms with Gasteiger partial charge in [0.05, 0.1) is 5.75 Å². The quantitative estimate of drug-likeness (QED) is 0.655. The van der Waals surface area contributed by atoms with Gasteiger partial charge in [0.15, 0.2) is 5.16 Å². The number of hydrogen-bond donors (Lipinski definition) is 2. The Morgan fingerprint density at radius 1 is 1.08 bits per heavy atom. The highest BCUT2D eigenvalue weighted by molar-refractivity contribution is 7.99. The lowest BCUT2D eigenvalue weighted by atomic mass is 10.1. The van der Waals surface area contributed by atoms with Crippen LogP contribution in [0.4, 0.5) is 5.69 Å². The Labute approximate surface area is 155 Å². The van der Waals surface area contributed by atoms with Crippen LogP contribution in [0.2, 0.25) is 0 Å². The van der Waals surface area contributed by atoms with E-state index in [1.165, 1.54) is 0 Å². The predicted octanol–water partition coefficient (Wildman–Crippen LogP) is 2.79. The molecule has 0 saturated carbocycles. The van der Waals surface area contributed by atoms with E-state index in [9.17, 15) is 9.59 Å². The molecular formula is C19H18N4O2S. The molecule has 0 unspecified atom stereocenters. The summed E-state index contributed by atoms with van der Waals surface area (Å²) in [5.74, 6) is -0.0360. The summed E-state index contributed by atoms with van der Waals surface area (Å²) in [4.78, 5) is 26.8. The normalized spacial score (nSPS) is 10.5. The molecule has 2 aromatic carbocycles. The first-order valence-corrected chi connectivity index (χ1v) is 9.08. The van der Waals surface area contributed by atoms with Gasteiger partial charge in [-0.05, 0) is 24.6 Å². The number of carbonyl (C=O) groups excluding carboxylic acids is 1. The van der Waals surface area contributed by atoms with Gasteiger partial charge in [0.1, 0.15) is 5.69 Å². The second-order valence-electron chi connectivity index (χ2n) is 5.77. The molecule has 132 valence electrons. The Hall–Kier alpha value is -2.93. The lowest BCUT2D eigenvalue weighted by Crippen LogP contribution is -2.19. The van der Waals surface area contributed by atoms with Gasteiger partial charge in [0.25, 0.3) is 5.56 Å². The second-order valence-corrected chi connectivity index (χ2v) is 6.74. The van der Waals surface area contributed by atoms with Crippen LogP contribution in [0.5, 0.6) is 0 Å². The smallest absolute Gasteiger partial charge is 0.273 e. The minimum Gasteiger partial charge on any atom is -0.325 e. The summed E-state index contributed by atoms with van der Waals surface area (Å²) < 4.78 is 0. The van der Waals surface area contributed by atoms with Gasteiger partial charge in [-0.3, -0.25) is 14.6 Å². The molecule has 0 fully saturated rings. The zero-order chi connectivity index (χ0) is 18.4. The van der Waals surface area contributed by atoms with Gasteiger partial charge >= 0.3 is 0 Å². The Kier molecular flexibility index (Phi) is 5.80. The van der Waals surface area contributed by atoms with Gasteiger partial charge in [0, 0.05) is 12.1 Å². The molecule has 0 aliphatic rings. The number of nitrogens with zero attached hydrogens (tertiary/aromatic N) is 2. The third-order valence-electron chi connectivity index (χ3n) is 3.63. The summed E-state index contributed by atoms with van der Waals surface area (Å²) in [6.45, 7) is 1.98. The number of aromatic nitrogens is 3. The number of H-pyrrole nitrogens is 1. The van der Waals surface area contributed by atoms with Crippen molar-refractivity contribution in [2.24, 2.45) is 0 Å². The second kappa shape index (κ2) is 8.44. The fourth-order valence-corrected chi connectivity index (χ4v) is 2.89. The minimum absolute atomic E-state index is 0.135. The number of aryl methyl sites for hydroxylation is 1. The highest BCUT2D eigenvalue weighted by atomic mass is 32.2. The molecule has 0 saturated heterocycles. The van der Waals surface area contributed by atoms with Gasteiger partial charge in [0.2, 0.25) is 5.91 Å².